The van der Waals surface area contributed by atoms with Crippen LogP contribution in [0.5, 0.6) is 0 Å². The van der Waals surface area contributed by atoms with E-state index >= 15 is 0 Å². The molecule has 0 aromatic carbocycles. The van der Waals surface area contributed by atoms with Crippen LogP contribution in [-0.4, -0.2) is 72.6 Å². The Hall–Kier alpha value is -0.540. The second-order valence-electron chi connectivity index (χ2n) is 4.34. The van der Waals surface area contributed by atoms with E-state index in [-0.39, 0.29) is 43.3 Å². The number of hydrogen-bond donors (Lipinski definition) is 1. The first-order valence-electron chi connectivity index (χ1n) is 7.53. The van der Waals surface area contributed by atoms with Crippen LogP contribution >= 0.6 is 0 Å². The lowest BCUT2D eigenvalue weighted by molar-refractivity contribution is -0.148. The maximum absolute atomic E-state index is 5.34. The molecule has 0 bridgehead atoms. The van der Waals surface area contributed by atoms with Gasteiger partial charge in [-0.3, -0.25) is 10.2 Å². The Labute approximate surface area is 165 Å². The quantitative estimate of drug-likeness (QED) is 0.243. The van der Waals surface area contributed by atoms with Crippen molar-refractivity contribution in [2.45, 2.75) is 49.5 Å². The summed E-state index contributed by atoms with van der Waals surface area (Å²) in [4.78, 5) is 2.00. The first-order chi connectivity index (χ1) is 10.8. The smallest absolute Gasteiger partial charge is 0.151 e. The summed E-state index contributed by atoms with van der Waals surface area (Å²) in [5, 5.41) is 2.85. The minimum Gasteiger partial charge on any atom is -0.355 e. The lowest BCUT2D eigenvalue weighted by Gasteiger charge is -2.16. The Balaban J connectivity index is -0.000000160. The molecule has 0 aliphatic rings. The monoisotopic (exact) mass is 386 g/mol. The lowest BCUT2D eigenvalue weighted by Crippen LogP contribution is -2.27. The highest BCUT2D eigenvalue weighted by atomic mass is 16.7. The first kappa shape index (κ1) is 40.2. The zero-order valence-corrected chi connectivity index (χ0v) is 14.5. The van der Waals surface area contributed by atoms with Crippen molar-refractivity contribution >= 4 is 0 Å². The second-order valence-corrected chi connectivity index (χ2v) is 4.34. The highest BCUT2D eigenvalue weighted by Gasteiger charge is 1.98. The fourth-order valence-electron chi connectivity index (χ4n) is 1.20. The minimum absolute atomic E-state index is 0. The number of unbranched alkanes of at least 4 members (excludes halogenated alkanes) is 1. The zero-order valence-electron chi connectivity index (χ0n) is 14.5. The lowest BCUT2D eigenvalue weighted by atomic mass is 10.4. The molecule has 0 aromatic heterocycles. The summed E-state index contributed by atoms with van der Waals surface area (Å²) in [6, 6.07) is 0. The van der Waals surface area contributed by atoms with Gasteiger partial charge in [0, 0.05) is 13.2 Å². The van der Waals surface area contributed by atoms with E-state index in [1.165, 1.54) is 0 Å². The number of hydrogen-bond acceptors (Lipinski definition) is 7. The molecule has 0 spiro atoms. The van der Waals surface area contributed by atoms with Gasteiger partial charge in [-0.15, -0.1) is 13.2 Å². The molecular formula is C19H50N2O5. The molecule has 0 heterocycles. The summed E-state index contributed by atoms with van der Waals surface area (Å²) >= 11 is 0. The Kier molecular flexibility index (Phi) is 61.1. The molecule has 0 radical (unpaired) electrons. The van der Waals surface area contributed by atoms with Crippen molar-refractivity contribution in [3.8, 4) is 0 Å². The molecule has 0 saturated heterocycles. The van der Waals surface area contributed by atoms with Gasteiger partial charge < -0.3 is 23.7 Å². The van der Waals surface area contributed by atoms with Crippen molar-refractivity contribution in [3.63, 3.8) is 0 Å². The van der Waals surface area contributed by atoms with Crippen LogP contribution in [0.2, 0.25) is 0 Å². The molecule has 0 fully saturated rings. The van der Waals surface area contributed by atoms with Crippen LogP contribution in [0.1, 0.15) is 49.5 Å². The van der Waals surface area contributed by atoms with Crippen molar-refractivity contribution in [1.82, 2.24) is 10.2 Å². The van der Waals surface area contributed by atoms with E-state index in [2.05, 4.69) is 25.4 Å². The van der Waals surface area contributed by atoms with Gasteiger partial charge in [-0.1, -0.05) is 43.1 Å². The molecule has 0 aliphatic heterocycles. The van der Waals surface area contributed by atoms with Crippen LogP contribution in [0.15, 0.2) is 13.2 Å². The van der Waals surface area contributed by atoms with Crippen molar-refractivity contribution < 1.29 is 23.7 Å². The van der Waals surface area contributed by atoms with E-state index in [4.69, 9.17) is 23.7 Å². The summed E-state index contributed by atoms with van der Waals surface area (Å²) in [7, 11) is 3.77. The van der Waals surface area contributed by atoms with Gasteiger partial charge in [0.1, 0.15) is 13.5 Å². The third-order valence-corrected chi connectivity index (χ3v) is 2.32. The average molecular weight is 387 g/mol. The highest BCUT2D eigenvalue weighted by molar-refractivity contribution is 4.41. The van der Waals surface area contributed by atoms with E-state index in [0.29, 0.717) is 26.9 Å². The standard InChI is InChI=1S/C13H30N2O5.C2H4.4CH4/c1-4-5-7-16-11-17-8-6-15(3)10-19-13-20-12-18-9-14-2;1-2;;;;/h14H,4-13H2,1-3H3;1-2H2;4*1H4. The van der Waals surface area contributed by atoms with Gasteiger partial charge in [0.25, 0.3) is 0 Å². The van der Waals surface area contributed by atoms with Gasteiger partial charge in [0.2, 0.25) is 0 Å². The molecule has 7 nitrogen and oxygen atoms in total. The summed E-state index contributed by atoms with van der Waals surface area (Å²) < 4.78 is 26.1. The number of likely N-dealkylation sites (N-methyl/N-ethyl adjacent to an activating group) is 1. The fraction of sp³-hybridized carbons (Fsp3) is 0.895. The molecule has 0 aromatic rings. The predicted octanol–water partition coefficient (Wildman–Crippen LogP) is 4.15. The normalized spacial score (nSPS) is 8.92. The topological polar surface area (TPSA) is 61.4 Å². The summed E-state index contributed by atoms with van der Waals surface area (Å²) in [5.74, 6) is 0. The van der Waals surface area contributed by atoms with Crippen molar-refractivity contribution in [3.05, 3.63) is 13.2 Å². The Morgan fingerprint density at radius 1 is 0.808 bits per heavy atom. The van der Waals surface area contributed by atoms with E-state index < -0.39 is 0 Å². The Morgan fingerprint density at radius 3 is 1.92 bits per heavy atom. The van der Waals surface area contributed by atoms with Gasteiger partial charge in [0.05, 0.1) is 13.3 Å². The van der Waals surface area contributed by atoms with Crippen LogP contribution in [0, 0.1) is 0 Å². The third-order valence-electron chi connectivity index (χ3n) is 2.32. The third kappa shape index (κ3) is 38.8. The molecule has 7 heteroatoms. The predicted molar refractivity (Wildman–Crippen MR) is 114 cm³/mol. The maximum atomic E-state index is 5.34. The molecule has 1 N–H and O–H groups in total. The second kappa shape index (κ2) is 39.5. The van der Waals surface area contributed by atoms with Crippen LogP contribution in [0.25, 0.3) is 0 Å². The van der Waals surface area contributed by atoms with Crippen molar-refractivity contribution in [2.75, 3.05) is 67.7 Å². The Morgan fingerprint density at radius 2 is 1.35 bits per heavy atom. The molecule has 0 aliphatic carbocycles. The molecule has 166 valence electrons. The zero-order chi connectivity index (χ0) is 16.9. The molecular weight excluding hydrogens is 336 g/mol. The average Bonchev–Trinajstić information content (AvgIpc) is 2.55. The highest BCUT2D eigenvalue weighted by Crippen LogP contribution is 1.90. The van der Waals surface area contributed by atoms with Crippen molar-refractivity contribution in [2.24, 2.45) is 0 Å². The van der Waals surface area contributed by atoms with E-state index in [1.807, 2.05) is 19.0 Å². The van der Waals surface area contributed by atoms with E-state index in [0.717, 1.165) is 26.0 Å². The molecule has 26 heavy (non-hydrogen) atoms. The SMILES string of the molecule is C.C.C.C.C=C.CCCCOCOCCN(C)COCOCOCNC. The van der Waals surface area contributed by atoms with Crippen LogP contribution in [0.3, 0.4) is 0 Å². The van der Waals surface area contributed by atoms with Crippen LogP contribution < -0.4 is 5.32 Å². The van der Waals surface area contributed by atoms with E-state index in [9.17, 15) is 0 Å². The fourth-order valence-corrected chi connectivity index (χ4v) is 1.20. The van der Waals surface area contributed by atoms with Gasteiger partial charge >= 0.3 is 0 Å². The van der Waals surface area contributed by atoms with Gasteiger partial charge in [-0.05, 0) is 20.5 Å². The largest absolute Gasteiger partial charge is 0.355 e. The van der Waals surface area contributed by atoms with Crippen LogP contribution in [0.4, 0.5) is 0 Å². The maximum Gasteiger partial charge on any atom is 0.151 e. The molecule has 0 saturated carbocycles. The molecule has 0 amide bonds. The number of nitrogens with zero attached hydrogens (tertiary/aromatic N) is 1. The summed E-state index contributed by atoms with van der Waals surface area (Å²) in [5.41, 5.74) is 0. The van der Waals surface area contributed by atoms with Crippen molar-refractivity contribution in [1.29, 1.82) is 0 Å². The summed E-state index contributed by atoms with van der Waals surface area (Å²) in [6.07, 6.45) is 2.22. The minimum atomic E-state index is 0. The molecule has 0 rings (SSSR count). The first-order valence-corrected chi connectivity index (χ1v) is 7.53. The van der Waals surface area contributed by atoms with Gasteiger partial charge in [0.15, 0.2) is 13.6 Å². The van der Waals surface area contributed by atoms with Crippen LogP contribution in [-0.2, 0) is 23.7 Å². The number of nitrogens with one attached hydrogen (secondary N) is 1. The number of ether oxygens (including phenoxy) is 5. The Bertz CT molecular complexity index is 183. The number of rotatable bonds is 16. The van der Waals surface area contributed by atoms with E-state index in [1.54, 1.807) is 0 Å². The summed E-state index contributed by atoms with van der Waals surface area (Å²) in [6.45, 7) is 12.1. The van der Waals surface area contributed by atoms with Gasteiger partial charge in [-0.2, -0.15) is 0 Å². The molecule has 0 atom stereocenters. The van der Waals surface area contributed by atoms with Gasteiger partial charge in [-0.25, -0.2) is 0 Å². The molecule has 0 unspecified atom stereocenters.